The molecular formula is C17H25N3O2. The number of benzene rings is 1. The van der Waals surface area contributed by atoms with Gasteiger partial charge < -0.3 is 10.6 Å². The van der Waals surface area contributed by atoms with E-state index in [0.717, 1.165) is 25.9 Å². The van der Waals surface area contributed by atoms with Crippen LogP contribution in [0, 0.1) is 0 Å². The summed E-state index contributed by atoms with van der Waals surface area (Å²) in [6, 6.07) is 8.06. The van der Waals surface area contributed by atoms with Crippen LogP contribution in [0.4, 0.5) is 5.69 Å². The van der Waals surface area contributed by atoms with Crippen molar-refractivity contribution in [3.05, 3.63) is 29.8 Å². The Balaban J connectivity index is 1.83. The first-order valence-corrected chi connectivity index (χ1v) is 7.94. The van der Waals surface area contributed by atoms with Gasteiger partial charge in [0, 0.05) is 30.9 Å². The Morgan fingerprint density at radius 1 is 1.23 bits per heavy atom. The molecule has 1 unspecified atom stereocenters. The van der Waals surface area contributed by atoms with Crippen LogP contribution in [-0.4, -0.2) is 41.9 Å². The van der Waals surface area contributed by atoms with Gasteiger partial charge in [0.1, 0.15) is 0 Å². The molecule has 0 spiro atoms. The van der Waals surface area contributed by atoms with E-state index in [4.69, 9.17) is 0 Å². The highest BCUT2D eigenvalue weighted by atomic mass is 16.2. The van der Waals surface area contributed by atoms with Gasteiger partial charge in [-0.1, -0.05) is 19.1 Å². The van der Waals surface area contributed by atoms with Crippen molar-refractivity contribution in [2.75, 3.05) is 18.4 Å². The van der Waals surface area contributed by atoms with Crippen LogP contribution in [0.1, 0.15) is 32.8 Å². The fourth-order valence-electron chi connectivity index (χ4n) is 2.64. The highest BCUT2D eigenvalue weighted by Crippen LogP contribution is 2.13. The predicted molar refractivity (Wildman–Crippen MR) is 87.7 cm³/mol. The zero-order valence-electron chi connectivity index (χ0n) is 13.6. The minimum absolute atomic E-state index is 0.0584. The van der Waals surface area contributed by atoms with Gasteiger partial charge in [0.25, 0.3) is 0 Å². The number of hydrogen-bond donors (Lipinski definition) is 2. The second-order valence-electron chi connectivity index (χ2n) is 6.05. The van der Waals surface area contributed by atoms with Crippen LogP contribution in [0.5, 0.6) is 0 Å². The number of rotatable bonds is 4. The van der Waals surface area contributed by atoms with Crippen LogP contribution in [0.15, 0.2) is 24.3 Å². The normalized spacial score (nSPS) is 18.5. The maximum atomic E-state index is 12.0. The molecule has 5 nitrogen and oxygen atoms in total. The van der Waals surface area contributed by atoms with Gasteiger partial charge in [0.05, 0.1) is 0 Å². The highest BCUT2D eigenvalue weighted by molar-refractivity contribution is 6.39. The molecule has 120 valence electrons. The first-order valence-electron chi connectivity index (χ1n) is 7.94. The van der Waals surface area contributed by atoms with E-state index in [9.17, 15) is 9.59 Å². The van der Waals surface area contributed by atoms with E-state index < -0.39 is 11.8 Å². The molecule has 0 saturated carbocycles. The molecule has 0 radical (unpaired) electrons. The SMILES string of the molecule is CCc1ccc(NC(=O)C(=O)NC2CCN(C(C)C)C2)cc1. The summed E-state index contributed by atoms with van der Waals surface area (Å²) in [5.74, 6) is -1.16. The number of carbonyl (C=O) groups excluding carboxylic acids is 2. The van der Waals surface area contributed by atoms with Crippen molar-refractivity contribution >= 4 is 17.5 Å². The van der Waals surface area contributed by atoms with Crippen LogP contribution in [0.25, 0.3) is 0 Å². The maximum Gasteiger partial charge on any atom is 0.313 e. The quantitative estimate of drug-likeness (QED) is 0.834. The number of likely N-dealkylation sites (tertiary alicyclic amines) is 1. The minimum atomic E-state index is -0.604. The number of nitrogens with one attached hydrogen (secondary N) is 2. The minimum Gasteiger partial charge on any atom is -0.344 e. The molecule has 0 aromatic heterocycles. The largest absolute Gasteiger partial charge is 0.344 e. The van der Waals surface area contributed by atoms with E-state index >= 15 is 0 Å². The molecule has 1 aliphatic rings. The topological polar surface area (TPSA) is 61.4 Å². The van der Waals surface area contributed by atoms with Crippen molar-refractivity contribution in [2.45, 2.75) is 45.7 Å². The molecule has 1 atom stereocenters. The van der Waals surface area contributed by atoms with Crippen molar-refractivity contribution in [3.8, 4) is 0 Å². The molecule has 1 aliphatic heterocycles. The lowest BCUT2D eigenvalue weighted by molar-refractivity contribution is -0.136. The van der Waals surface area contributed by atoms with Gasteiger partial charge in [-0.15, -0.1) is 0 Å². The molecule has 2 N–H and O–H groups in total. The van der Waals surface area contributed by atoms with Crippen molar-refractivity contribution in [1.29, 1.82) is 0 Å². The molecule has 1 aromatic rings. The molecule has 0 aliphatic carbocycles. The molecule has 5 heteroatoms. The molecular weight excluding hydrogens is 278 g/mol. The van der Waals surface area contributed by atoms with E-state index in [1.54, 1.807) is 0 Å². The van der Waals surface area contributed by atoms with Gasteiger partial charge in [-0.2, -0.15) is 0 Å². The van der Waals surface area contributed by atoms with E-state index in [1.807, 2.05) is 24.3 Å². The average molecular weight is 303 g/mol. The number of amides is 2. The van der Waals surface area contributed by atoms with Gasteiger partial charge in [-0.05, 0) is 44.4 Å². The summed E-state index contributed by atoms with van der Waals surface area (Å²) < 4.78 is 0. The van der Waals surface area contributed by atoms with Crippen molar-refractivity contribution in [1.82, 2.24) is 10.2 Å². The Hall–Kier alpha value is -1.88. The third kappa shape index (κ3) is 4.31. The summed E-state index contributed by atoms with van der Waals surface area (Å²) in [4.78, 5) is 26.2. The third-order valence-electron chi connectivity index (χ3n) is 4.11. The van der Waals surface area contributed by atoms with Crippen LogP contribution < -0.4 is 10.6 Å². The summed E-state index contributed by atoms with van der Waals surface area (Å²) >= 11 is 0. The summed E-state index contributed by atoms with van der Waals surface area (Å²) in [5.41, 5.74) is 1.84. The second-order valence-corrected chi connectivity index (χ2v) is 6.05. The van der Waals surface area contributed by atoms with Crippen LogP contribution in [0.2, 0.25) is 0 Å². The van der Waals surface area contributed by atoms with Gasteiger partial charge in [0.15, 0.2) is 0 Å². The van der Waals surface area contributed by atoms with Gasteiger partial charge >= 0.3 is 11.8 Å². The van der Waals surface area contributed by atoms with Gasteiger partial charge in [-0.3, -0.25) is 14.5 Å². The van der Waals surface area contributed by atoms with Crippen LogP contribution in [-0.2, 0) is 16.0 Å². The van der Waals surface area contributed by atoms with Gasteiger partial charge in [-0.25, -0.2) is 0 Å². The summed E-state index contributed by atoms with van der Waals surface area (Å²) in [5, 5.41) is 5.45. The van der Waals surface area contributed by atoms with Crippen molar-refractivity contribution < 1.29 is 9.59 Å². The van der Waals surface area contributed by atoms with E-state index in [-0.39, 0.29) is 6.04 Å². The standard InChI is InChI=1S/C17H25N3O2/c1-4-13-5-7-14(8-6-13)18-16(21)17(22)19-15-9-10-20(11-15)12(2)3/h5-8,12,15H,4,9-11H2,1-3H3,(H,18,21)(H,19,22). The van der Waals surface area contributed by atoms with Crippen molar-refractivity contribution in [2.24, 2.45) is 0 Å². The first kappa shape index (κ1) is 16.5. The zero-order chi connectivity index (χ0) is 16.1. The molecule has 2 amide bonds. The monoisotopic (exact) mass is 303 g/mol. The highest BCUT2D eigenvalue weighted by Gasteiger charge is 2.27. The molecule has 0 bridgehead atoms. The lowest BCUT2D eigenvalue weighted by Gasteiger charge is -2.20. The van der Waals surface area contributed by atoms with Crippen LogP contribution in [0.3, 0.4) is 0 Å². The Morgan fingerprint density at radius 2 is 1.91 bits per heavy atom. The Labute approximate surface area is 132 Å². The number of hydrogen-bond acceptors (Lipinski definition) is 3. The fraction of sp³-hybridized carbons (Fsp3) is 0.529. The maximum absolute atomic E-state index is 12.0. The summed E-state index contributed by atoms with van der Waals surface area (Å²) in [6.07, 6.45) is 1.84. The lowest BCUT2D eigenvalue weighted by Crippen LogP contribution is -2.43. The predicted octanol–water partition coefficient (Wildman–Crippen LogP) is 1.79. The van der Waals surface area contributed by atoms with E-state index in [0.29, 0.717) is 11.7 Å². The molecule has 1 aromatic carbocycles. The number of aryl methyl sites for hydroxylation is 1. The number of nitrogens with zero attached hydrogens (tertiary/aromatic N) is 1. The van der Waals surface area contributed by atoms with Crippen molar-refractivity contribution in [3.63, 3.8) is 0 Å². The Morgan fingerprint density at radius 3 is 2.45 bits per heavy atom. The zero-order valence-corrected chi connectivity index (χ0v) is 13.6. The molecule has 1 fully saturated rings. The van der Waals surface area contributed by atoms with Gasteiger partial charge in [0.2, 0.25) is 0 Å². The second kappa shape index (κ2) is 7.40. The fourth-order valence-corrected chi connectivity index (χ4v) is 2.64. The number of anilines is 1. The summed E-state index contributed by atoms with van der Waals surface area (Å²) in [7, 11) is 0. The van der Waals surface area contributed by atoms with E-state index in [1.165, 1.54) is 5.56 Å². The summed E-state index contributed by atoms with van der Waals surface area (Å²) in [6.45, 7) is 8.11. The van der Waals surface area contributed by atoms with Crippen LogP contribution >= 0.6 is 0 Å². The molecule has 1 saturated heterocycles. The molecule has 1 heterocycles. The molecule has 2 rings (SSSR count). The first-order chi connectivity index (χ1) is 10.5. The Bertz CT molecular complexity index is 525. The average Bonchev–Trinajstić information content (AvgIpc) is 2.96. The lowest BCUT2D eigenvalue weighted by atomic mass is 10.1. The third-order valence-corrected chi connectivity index (χ3v) is 4.11. The van der Waals surface area contributed by atoms with E-state index in [2.05, 4.69) is 36.3 Å². The smallest absolute Gasteiger partial charge is 0.313 e. The Kier molecular flexibility index (Phi) is 5.55. The molecule has 22 heavy (non-hydrogen) atoms. The number of carbonyl (C=O) groups is 2.